The average Bonchev–Trinajstić information content (AvgIpc) is 3.06. The molecular weight excluding hydrogens is 282 g/mol. The molecule has 4 heteroatoms. The van der Waals surface area contributed by atoms with Crippen molar-refractivity contribution in [3.63, 3.8) is 0 Å². The zero-order chi connectivity index (χ0) is 14.4. The fourth-order valence-corrected chi connectivity index (χ4v) is 4.17. The van der Waals surface area contributed by atoms with Crippen LogP contribution in [0.4, 0.5) is 0 Å². The quantitative estimate of drug-likeness (QED) is 0.918. The number of nitrogens with zero attached hydrogens (tertiary/aromatic N) is 2. The van der Waals surface area contributed by atoms with Crippen LogP contribution in [0.5, 0.6) is 0 Å². The lowest BCUT2D eigenvalue weighted by atomic mass is 10.1. The number of aryl methyl sites for hydroxylation is 1. The second kappa shape index (κ2) is 5.31. The summed E-state index contributed by atoms with van der Waals surface area (Å²) in [7, 11) is 0. The highest BCUT2D eigenvalue weighted by atomic mass is 35.5. The fraction of sp³-hybridized carbons (Fsp3) is 0.529. The number of aromatic nitrogens is 1. The lowest BCUT2D eigenvalue weighted by Gasteiger charge is -2.37. The van der Waals surface area contributed by atoms with E-state index in [1.165, 1.54) is 55.7 Å². The summed E-state index contributed by atoms with van der Waals surface area (Å²) in [5, 5.41) is 2.08. The van der Waals surface area contributed by atoms with E-state index in [0.29, 0.717) is 0 Å². The SMILES string of the molecule is Cc1c(CN2CCN3CCCC3C2)[nH]c2c(Cl)cccc12. The zero-order valence-electron chi connectivity index (χ0n) is 12.5. The first-order valence-corrected chi connectivity index (χ1v) is 8.32. The standard InChI is InChI=1S/C17H22ClN3/c1-12-14-5-2-6-15(18)17(14)19-16(12)11-20-8-9-21-7-3-4-13(21)10-20/h2,5-6,13,19H,3-4,7-11H2,1H3. The van der Waals surface area contributed by atoms with Crippen molar-refractivity contribution in [1.29, 1.82) is 0 Å². The third-order valence-corrected chi connectivity index (χ3v) is 5.51. The molecule has 112 valence electrons. The number of halogens is 1. The largest absolute Gasteiger partial charge is 0.356 e. The van der Waals surface area contributed by atoms with E-state index in [2.05, 4.69) is 27.8 Å². The molecule has 0 saturated carbocycles. The van der Waals surface area contributed by atoms with Crippen LogP contribution in [0.15, 0.2) is 18.2 Å². The van der Waals surface area contributed by atoms with Gasteiger partial charge in [0.1, 0.15) is 0 Å². The summed E-state index contributed by atoms with van der Waals surface area (Å²) in [6.07, 6.45) is 2.74. The first-order chi connectivity index (χ1) is 10.2. The molecule has 2 aliphatic heterocycles. The van der Waals surface area contributed by atoms with E-state index in [0.717, 1.165) is 23.1 Å². The number of hydrogen-bond donors (Lipinski definition) is 1. The van der Waals surface area contributed by atoms with Crippen LogP contribution in [0.1, 0.15) is 24.1 Å². The average molecular weight is 304 g/mol. The Bertz CT molecular complexity index is 663. The maximum Gasteiger partial charge on any atom is 0.0648 e. The molecule has 2 saturated heterocycles. The minimum Gasteiger partial charge on any atom is -0.356 e. The molecular formula is C17H22ClN3. The Balaban J connectivity index is 1.57. The van der Waals surface area contributed by atoms with Gasteiger partial charge in [0.05, 0.1) is 10.5 Å². The summed E-state index contributed by atoms with van der Waals surface area (Å²) in [6, 6.07) is 6.94. The number of benzene rings is 1. The minimum absolute atomic E-state index is 0.784. The zero-order valence-corrected chi connectivity index (χ0v) is 13.3. The van der Waals surface area contributed by atoms with Gasteiger partial charge < -0.3 is 4.98 Å². The van der Waals surface area contributed by atoms with Crippen molar-refractivity contribution >= 4 is 22.5 Å². The number of fused-ring (bicyclic) bond motifs is 2. The Morgan fingerprint density at radius 3 is 3.05 bits per heavy atom. The van der Waals surface area contributed by atoms with Crippen LogP contribution in [0.2, 0.25) is 5.02 Å². The predicted octanol–water partition coefficient (Wildman–Crippen LogP) is 3.41. The van der Waals surface area contributed by atoms with Gasteiger partial charge >= 0.3 is 0 Å². The van der Waals surface area contributed by atoms with Crippen molar-refractivity contribution in [2.75, 3.05) is 26.2 Å². The van der Waals surface area contributed by atoms with Gasteiger partial charge in [0.2, 0.25) is 0 Å². The van der Waals surface area contributed by atoms with Crippen molar-refractivity contribution in [3.8, 4) is 0 Å². The third kappa shape index (κ3) is 2.37. The molecule has 3 nitrogen and oxygen atoms in total. The summed E-state index contributed by atoms with van der Waals surface area (Å²) in [5.74, 6) is 0. The molecule has 1 atom stereocenters. The molecule has 4 rings (SSSR count). The maximum atomic E-state index is 6.31. The summed E-state index contributed by atoms with van der Waals surface area (Å²) in [4.78, 5) is 8.81. The van der Waals surface area contributed by atoms with Crippen molar-refractivity contribution < 1.29 is 0 Å². The number of piperazine rings is 1. The predicted molar refractivity (Wildman–Crippen MR) is 87.9 cm³/mol. The molecule has 2 aromatic rings. The molecule has 1 unspecified atom stereocenters. The molecule has 3 heterocycles. The number of hydrogen-bond acceptors (Lipinski definition) is 2. The molecule has 0 bridgehead atoms. The van der Waals surface area contributed by atoms with Gasteiger partial charge in [-0.05, 0) is 37.9 Å². The molecule has 0 amide bonds. The number of aromatic amines is 1. The molecule has 2 aliphatic rings. The van der Waals surface area contributed by atoms with Crippen LogP contribution in [-0.2, 0) is 6.54 Å². The van der Waals surface area contributed by atoms with E-state index >= 15 is 0 Å². The highest BCUT2D eigenvalue weighted by molar-refractivity contribution is 6.35. The molecule has 1 aromatic carbocycles. The highest BCUT2D eigenvalue weighted by Gasteiger charge is 2.30. The molecule has 21 heavy (non-hydrogen) atoms. The molecule has 0 spiro atoms. The summed E-state index contributed by atoms with van der Waals surface area (Å²) >= 11 is 6.31. The Hall–Kier alpha value is -1.03. The molecule has 2 fully saturated rings. The van der Waals surface area contributed by atoms with Crippen molar-refractivity contribution in [1.82, 2.24) is 14.8 Å². The van der Waals surface area contributed by atoms with Gasteiger partial charge in [-0.1, -0.05) is 23.7 Å². The molecule has 0 radical (unpaired) electrons. The van der Waals surface area contributed by atoms with Crippen molar-refractivity contribution in [3.05, 3.63) is 34.5 Å². The van der Waals surface area contributed by atoms with Crippen molar-refractivity contribution in [2.24, 2.45) is 0 Å². The third-order valence-electron chi connectivity index (χ3n) is 5.20. The van der Waals surface area contributed by atoms with Gasteiger partial charge in [0, 0.05) is 43.3 Å². The number of nitrogens with one attached hydrogen (secondary N) is 1. The molecule has 1 aromatic heterocycles. The van der Waals surface area contributed by atoms with Gasteiger partial charge in [-0.25, -0.2) is 0 Å². The highest BCUT2D eigenvalue weighted by Crippen LogP contribution is 2.29. The van der Waals surface area contributed by atoms with Gasteiger partial charge in [-0.3, -0.25) is 9.80 Å². The van der Waals surface area contributed by atoms with Crippen LogP contribution < -0.4 is 0 Å². The van der Waals surface area contributed by atoms with Crippen LogP contribution in [0, 0.1) is 6.92 Å². The van der Waals surface area contributed by atoms with E-state index in [9.17, 15) is 0 Å². The Morgan fingerprint density at radius 1 is 1.29 bits per heavy atom. The van der Waals surface area contributed by atoms with Crippen LogP contribution in [0.3, 0.4) is 0 Å². The smallest absolute Gasteiger partial charge is 0.0648 e. The number of para-hydroxylation sites is 1. The number of H-pyrrole nitrogens is 1. The van der Waals surface area contributed by atoms with E-state index < -0.39 is 0 Å². The first kappa shape index (κ1) is 13.6. The second-order valence-corrected chi connectivity index (χ2v) is 6.87. The summed E-state index contributed by atoms with van der Waals surface area (Å²) in [5.41, 5.74) is 3.76. The number of rotatable bonds is 2. The lowest BCUT2D eigenvalue weighted by molar-refractivity contribution is 0.0985. The van der Waals surface area contributed by atoms with E-state index in [-0.39, 0.29) is 0 Å². The minimum atomic E-state index is 0.784. The van der Waals surface area contributed by atoms with Gasteiger partial charge in [0.15, 0.2) is 0 Å². The van der Waals surface area contributed by atoms with Crippen LogP contribution in [0.25, 0.3) is 10.9 Å². The Morgan fingerprint density at radius 2 is 2.19 bits per heavy atom. The lowest BCUT2D eigenvalue weighted by Crippen LogP contribution is -2.49. The van der Waals surface area contributed by atoms with Gasteiger partial charge in [-0.15, -0.1) is 0 Å². The van der Waals surface area contributed by atoms with Crippen LogP contribution >= 0.6 is 11.6 Å². The fourth-order valence-electron chi connectivity index (χ4n) is 3.95. The van der Waals surface area contributed by atoms with E-state index in [1.54, 1.807) is 0 Å². The van der Waals surface area contributed by atoms with Crippen molar-refractivity contribution in [2.45, 2.75) is 32.4 Å². The summed E-state index contributed by atoms with van der Waals surface area (Å²) < 4.78 is 0. The Kier molecular flexibility index (Phi) is 3.44. The van der Waals surface area contributed by atoms with E-state index in [1.807, 2.05) is 12.1 Å². The first-order valence-electron chi connectivity index (χ1n) is 7.94. The monoisotopic (exact) mass is 303 g/mol. The van der Waals surface area contributed by atoms with Gasteiger partial charge in [-0.2, -0.15) is 0 Å². The topological polar surface area (TPSA) is 22.3 Å². The summed E-state index contributed by atoms with van der Waals surface area (Å²) in [6.45, 7) is 8.14. The maximum absolute atomic E-state index is 6.31. The molecule has 0 aliphatic carbocycles. The Labute approximate surface area is 130 Å². The van der Waals surface area contributed by atoms with E-state index in [4.69, 9.17) is 11.6 Å². The molecule has 1 N–H and O–H groups in total. The normalized spacial score (nSPS) is 23.8. The van der Waals surface area contributed by atoms with Crippen LogP contribution in [-0.4, -0.2) is 47.0 Å². The van der Waals surface area contributed by atoms with Gasteiger partial charge in [0.25, 0.3) is 0 Å². The second-order valence-electron chi connectivity index (χ2n) is 6.46.